The van der Waals surface area contributed by atoms with Crippen LogP contribution in [0.4, 0.5) is 0 Å². The molecule has 0 radical (unpaired) electrons. The van der Waals surface area contributed by atoms with E-state index >= 15 is 0 Å². The van der Waals surface area contributed by atoms with Crippen LogP contribution in [0.25, 0.3) is 0 Å². The lowest BCUT2D eigenvalue weighted by Crippen LogP contribution is -2.48. The Balaban J connectivity index is 1.55. The number of fused-ring (bicyclic) bond motifs is 1. The number of primary sulfonamides is 1. The lowest BCUT2D eigenvalue weighted by molar-refractivity contribution is -0.133. The van der Waals surface area contributed by atoms with E-state index in [9.17, 15) is 13.2 Å². The molecule has 2 aliphatic rings. The molecular weight excluding hydrogens is 326 g/mol. The van der Waals surface area contributed by atoms with Crippen molar-refractivity contribution < 1.29 is 13.2 Å². The molecule has 6 nitrogen and oxygen atoms in total. The molecule has 0 spiro atoms. The predicted octanol–water partition coefficient (Wildman–Crippen LogP) is 0.772. The normalized spacial score (nSPS) is 26.8. The van der Waals surface area contributed by atoms with Crippen LogP contribution < -0.4 is 15.8 Å². The van der Waals surface area contributed by atoms with Gasteiger partial charge in [0, 0.05) is 13.1 Å². The fourth-order valence-electron chi connectivity index (χ4n) is 4.03. The fourth-order valence-corrected chi connectivity index (χ4v) is 4.55. The topological polar surface area (TPSA) is 101 Å². The van der Waals surface area contributed by atoms with Gasteiger partial charge in [-0.3, -0.25) is 4.79 Å². The van der Waals surface area contributed by atoms with Gasteiger partial charge in [0.25, 0.3) is 0 Å². The predicted molar refractivity (Wildman–Crippen MR) is 91.8 cm³/mol. The van der Waals surface area contributed by atoms with E-state index in [2.05, 4.69) is 10.6 Å². The Labute approximate surface area is 143 Å². The van der Waals surface area contributed by atoms with Crippen molar-refractivity contribution in [2.75, 3.05) is 19.6 Å². The van der Waals surface area contributed by atoms with Crippen LogP contribution >= 0.6 is 0 Å². The Morgan fingerprint density at radius 2 is 2.04 bits per heavy atom. The van der Waals surface area contributed by atoms with Crippen LogP contribution in [0.1, 0.15) is 31.2 Å². The Morgan fingerprint density at radius 1 is 1.29 bits per heavy atom. The number of carbonyl (C=O) groups is 1. The maximum absolute atomic E-state index is 12.7. The van der Waals surface area contributed by atoms with Gasteiger partial charge in [-0.2, -0.15) is 0 Å². The van der Waals surface area contributed by atoms with E-state index in [0.29, 0.717) is 18.9 Å². The average Bonchev–Trinajstić information content (AvgIpc) is 2.99. The van der Waals surface area contributed by atoms with E-state index in [4.69, 9.17) is 5.14 Å². The highest BCUT2D eigenvalue weighted by molar-refractivity contribution is 7.89. The second-order valence-corrected chi connectivity index (χ2v) is 8.49. The Hall–Kier alpha value is -1.44. The van der Waals surface area contributed by atoms with Crippen LogP contribution in [0.5, 0.6) is 0 Å². The molecule has 1 heterocycles. The number of rotatable bonds is 5. The molecule has 1 aliphatic heterocycles. The van der Waals surface area contributed by atoms with Crippen molar-refractivity contribution in [1.29, 1.82) is 0 Å². The zero-order valence-corrected chi connectivity index (χ0v) is 14.6. The molecule has 2 atom stereocenters. The highest BCUT2D eigenvalue weighted by Gasteiger charge is 2.49. The maximum Gasteiger partial charge on any atom is 0.238 e. The van der Waals surface area contributed by atoms with Crippen LogP contribution in [-0.4, -0.2) is 34.0 Å². The molecule has 0 bridgehead atoms. The number of nitrogens with one attached hydrogen (secondary N) is 2. The Morgan fingerprint density at radius 3 is 2.75 bits per heavy atom. The first kappa shape index (κ1) is 17.4. The van der Waals surface area contributed by atoms with Crippen molar-refractivity contribution in [2.45, 2.75) is 37.0 Å². The third-order valence-electron chi connectivity index (χ3n) is 5.44. The third-order valence-corrected chi connectivity index (χ3v) is 6.37. The minimum atomic E-state index is -3.66. The minimum absolute atomic E-state index is 0.108. The Kier molecular flexibility index (Phi) is 4.94. The summed E-state index contributed by atoms with van der Waals surface area (Å²) in [5.41, 5.74) is 0.750. The summed E-state index contributed by atoms with van der Waals surface area (Å²) in [7, 11) is -3.66. The molecule has 3 rings (SSSR count). The first-order valence-electron chi connectivity index (χ1n) is 8.53. The lowest BCUT2D eigenvalue weighted by atomic mass is 9.67. The monoisotopic (exact) mass is 351 g/mol. The molecule has 2 fully saturated rings. The molecule has 1 saturated heterocycles. The largest absolute Gasteiger partial charge is 0.355 e. The van der Waals surface area contributed by atoms with Gasteiger partial charge < -0.3 is 10.6 Å². The summed E-state index contributed by atoms with van der Waals surface area (Å²) < 4.78 is 22.5. The summed E-state index contributed by atoms with van der Waals surface area (Å²) in [6.07, 6.45) is 5.12. The SMILES string of the molecule is NS(=O)(=O)c1ccc(CCNC(=O)[C@@]23CCCC[C@H]2CNC3)cc1. The molecule has 0 aromatic heterocycles. The molecule has 1 amide bonds. The van der Waals surface area contributed by atoms with E-state index in [1.54, 1.807) is 12.1 Å². The number of hydrogen-bond donors (Lipinski definition) is 3. The van der Waals surface area contributed by atoms with Gasteiger partial charge in [0.2, 0.25) is 15.9 Å². The molecule has 1 aromatic carbocycles. The van der Waals surface area contributed by atoms with Gasteiger partial charge in [0.1, 0.15) is 0 Å². The third kappa shape index (κ3) is 3.48. The summed E-state index contributed by atoms with van der Waals surface area (Å²) >= 11 is 0. The smallest absolute Gasteiger partial charge is 0.238 e. The number of nitrogens with two attached hydrogens (primary N) is 1. The van der Waals surface area contributed by atoms with Crippen molar-refractivity contribution in [3.8, 4) is 0 Å². The van der Waals surface area contributed by atoms with Gasteiger partial charge in [-0.25, -0.2) is 13.6 Å². The van der Waals surface area contributed by atoms with E-state index < -0.39 is 10.0 Å². The quantitative estimate of drug-likeness (QED) is 0.729. The number of amides is 1. The number of hydrogen-bond acceptors (Lipinski definition) is 4. The van der Waals surface area contributed by atoms with Gasteiger partial charge in [-0.1, -0.05) is 25.0 Å². The molecule has 1 aliphatic carbocycles. The van der Waals surface area contributed by atoms with E-state index in [1.165, 1.54) is 18.6 Å². The second-order valence-electron chi connectivity index (χ2n) is 6.92. The van der Waals surface area contributed by atoms with Crippen LogP contribution in [0.3, 0.4) is 0 Å². The summed E-state index contributed by atoms with van der Waals surface area (Å²) in [5, 5.41) is 11.6. The van der Waals surface area contributed by atoms with Gasteiger partial charge in [0.05, 0.1) is 10.3 Å². The molecule has 0 unspecified atom stereocenters. The molecular formula is C17H25N3O3S. The van der Waals surface area contributed by atoms with Gasteiger partial charge in [0.15, 0.2) is 0 Å². The van der Waals surface area contributed by atoms with E-state index in [1.807, 2.05) is 0 Å². The van der Waals surface area contributed by atoms with Crippen LogP contribution in [0.2, 0.25) is 0 Å². The molecule has 7 heteroatoms. The van der Waals surface area contributed by atoms with Crippen molar-refractivity contribution in [3.63, 3.8) is 0 Å². The first-order chi connectivity index (χ1) is 11.4. The summed E-state index contributed by atoms with van der Waals surface area (Å²) in [6.45, 7) is 2.29. The lowest BCUT2D eigenvalue weighted by Gasteiger charge is -2.37. The number of benzene rings is 1. The van der Waals surface area contributed by atoms with Crippen LogP contribution in [0.15, 0.2) is 29.2 Å². The molecule has 1 saturated carbocycles. The van der Waals surface area contributed by atoms with Crippen molar-refractivity contribution in [2.24, 2.45) is 16.5 Å². The van der Waals surface area contributed by atoms with Crippen molar-refractivity contribution >= 4 is 15.9 Å². The fraction of sp³-hybridized carbons (Fsp3) is 0.588. The van der Waals surface area contributed by atoms with Crippen molar-refractivity contribution in [3.05, 3.63) is 29.8 Å². The van der Waals surface area contributed by atoms with Gasteiger partial charge in [-0.15, -0.1) is 0 Å². The molecule has 1 aromatic rings. The summed E-state index contributed by atoms with van der Waals surface area (Å²) in [6, 6.07) is 6.49. The highest BCUT2D eigenvalue weighted by Crippen LogP contribution is 2.43. The molecule has 132 valence electrons. The average molecular weight is 351 g/mol. The van der Waals surface area contributed by atoms with Crippen molar-refractivity contribution in [1.82, 2.24) is 10.6 Å². The summed E-state index contributed by atoms with van der Waals surface area (Å²) in [4.78, 5) is 12.8. The number of sulfonamides is 1. The van der Waals surface area contributed by atoms with E-state index in [-0.39, 0.29) is 16.2 Å². The number of carbonyl (C=O) groups excluding carboxylic acids is 1. The maximum atomic E-state index is 12.7. The van der Waals surface area contributed by atoms with Crippen LogP contribution in [-0.2, 0) is 21.2 Å². The minimum Gasteiger partial charge on any atom is -0.355 e. The molecule has 24 heavy (non-hydrogen) atoms. The van der Waals surface area contributed by atoms with Gasteiger partial charge >= 0.3 is 0 Å². The zero-order chi connectivity index (χ0) is 17.2. The van der Waals surface area contributed by atoms with Gasteiger partial charge in [-0.05, 0) is 49.4 Å². The highest BCUT2D eigenvalue weighted by atomic mass is 32.2. The molecule has 4 N–H and O–H groups in total. The van der Waals surface area contributed by atoms with E-state index in [0.717, 1.165) is 37.9 Å². The Bertz CT molecular complexity index is 702. The van der Waals surface area contributed by atoms with Crippen LogP contribution in [0, 0.1) is 11.3 Å². The first-order valence-corrected chi connectivity index (χ1v) is 10.1. The second kappa shape index (κ2) is 6.82. The standard InChI is InChI=1S/C17H25N3O3S/c18-24(22,23)15-6-4-13(5-7-15)8-10-20-16(21)17-9-2-1-3-14(17)11-19-12-17/h4-7,14,19H,1-3,8-12H2,(H,20,21)(H2,18,22,23)/t14-,17+/m0/s1. The summed E-state index contributed by atoms with van der Waals surface area (Å²) in [5.74, 6) is 0.624. The zero-order valence-electron chi connectivity index (χ0n) is 13.8.